The maximum absolute atomic E-state index is 13.3. The second-order valence-corrected chi connectivity index (χ2v) is 8.48. The average molecular weight is 472 g/mol. The van der Waals surface area contributed by atoms with E-state index in [0.717, 1.165) is 11.1 Å². The minimum atomic E-state index is -0.405. The fourth-order valence-corrected chi connectivity index (χ4v) is 3.41. The van der Waals surface area contributed by atoms with Crippen LogP contribution in [0.25, 0.3) is 0 Å². The largest absolute Gasteiger partial charge is 0.467 e. The first kappa shape index (κ1) is 24.3. The monoisotopic (exact) mass is 471 g/mol. The number of benzene rings is 2. The van der Waals surface area contributed by atoms with E-state index >= 15 is 0 Å². The molecule has 0 aliphatic rings. The van der Waals surface area contributed by atoms with E-state index in [9.17, 15) is 14.0 Å². The molecule has 0 aliphatic carbocycles. The molecule has 0 saturated heterocycles. The third kappa shape index (κ3) is 6.83. The molecular weight excluding hydrogens is 445 g/mol. The van der Waals surface area contributed by atoms with E-state index in [2.05, 4.69) is 5.32 Å². The molecule has 1 aromatic heterocycles. The number of amides is 3. The highest BCUT2D eigenvalue weighted by atomic mass is 35.5. The Balaban J connectivity index is 1.75. The summed E-state index contributed by atoms with van der Waals surface area (Å²) >= 11 is 6.16. The summed E-state index contributed by atoms with van der Waals surface area (Å²) in [4.78, 5) is 29.3. The van der Waals surface area contributed by atoms with E-state index in [1.165, 1.54) is 23.3 Å². The Morgan fingerprint density at radius 3 is 2.42 bits per heavy atom. The number of carbonyl (C=O) groups is 2. The van der Waals surface area contributed by atoms with Crippen molar-refractivity contribution in [3.8, 4) is 0 Å². The minimum Gasteiger partial charge on any atom is -0.467 e. The molecule has 0 fully saturated rings. The summed E-state index contributed by atoms with van der Waals surface area (Å²) in [7, 11) is 0. The van der Waals surface area contributed by atoms with E-state index in [1.54, 1.807) is 41.3 Å². The molecule has 0 atom stereocenters. The Morgan fingerprint density at radius 2 is 1.82 bits per heavy atom. The number of rotatable bonds is 8. The van der Waals surface area contributed by atoms with Crippen LogP contribution in [0.1, 0.15) is 30.7 Å². The molecule has 3 amide bonds. The lowest BCUT2D eigenvalue weighted by Crippen LogP contribution is -2.47. The normalized spacial score (nSPS) is 10.8. The smallest absolute Gasteiger partial charge is 0.322 e. The zero-order valence-corrected chi connectivity index (χ0v) is 19.6. The predicted molar refractivity (Wildman–Crippen MR) is 126 cm³/mol. The standard InChI is InChI=1S/C25H27ClFN3O3/c1-17(2)30(25(32)28-21-11-6-18(3)23(26)13-21)16-24(31)29(15-22-5-4-12-33-22)14-19-7-9-20(27)10-8-19/h4-13,17H,14-16H2,1-3H3,(H,28,32). The average Bonchev–Trinajstić information content (AvgIpc) is 3.28. The van der Waals surface area contributed by atoms with Crippen LogP contribution in [0.5, 0.6) is 0 Å². The molecule has 0 unspecified atom stereocenters. The second-order valence-electron chi connectivity index (χ2n) is 8.07. The lowest BCUT2D eigenvalue weighted by Gasteiger charge is -2.30. The van der Waals surface area contributed by atoms with E-state index in [0.29, 0.717) is 16.5 Å². The third-order valence-electron chi connectivity index (χ3n) is 5.18. The molecule has 0 saturated carbocycles. The Kier molecular flexibility index (Phi) is 8.11. The number of furan rings is 1. The molecule has 1 N–H and O–H groups in total. The maximum atomic E-state index is 13.3. The van der Waals surface area contributed by atoms with Crippen molar-refractivity contribution < 1.29 is 18.4 Å². The highest BCUT2D eigenvalue weighted by molar-refractivity contribution is 6.31. The summed E-state index contributed by atoms with van der Waals surface area (Å²) in [6.07, 6.45) is 1.54. The molecule has 174 valence electrons. The van der Waals surface area contributed by atoms with Gasteiger partial charge in [0.2, 0.25) is 5.91 Å². The van der Waals surface area contributed by atoms with Gasteiger partial charge >= 0.3 is 6.03 Å². The Bertz CT molecular complexity index is 1080. The van der Waals surface area contributed by atoms with Crippen molar-refractivity contribution in [1.29, 1.82) is 0 Å². The minimum absolute atomic E-state index is 0.134. The fraction of sp³-hybridized carbons (Fsp3) is 0.280. The summed E-state index contributed by atoms with van der Waals surface area (Å²) in [5.74, 6) is 0.00310. The van der Waals surface area contributed by atoms with E-state index < -0.39 is 6.03 Å². The van der Waals surface area contributed by atoms with Gasteiger partial charge in [-0.05, 0) is 68.3 Å². The number of aryl methyl sites for hydroxylation is 1. The first-order chi connectivity index (χ1) is 15.7. The van der Waals surface area contributed by atoms with Gasteiger partial charge in [0, 0.05) is 23.3 Å². The van der Waals surface area contributed by atoms with Gasteiger partial charge in [-0.3, -0.25) is 4.79 Å². The van der Waals surface area contributed by atoms with Crippen molar-refractivity contribution in [3.05, 3.63) is 88.6 Å². The summed E-state index contributed by atoms with van der Waals surface area (Å²) in [6.45, 7) is 5.90. The van der Waals surface area contributed by atoms with Gasteiger partial charge in [0.1, 0.15) is 18.1 Å². The molecule has 33 heavy (non-hydrogen) atoms. The number of hydrogen-bond acceptors (Lipinski definition) is 3. The summed E-state index contributed by atoms with van der Waals surface area (Å²) in [6, 6.07) is 14.1. The molecule has 0 spiro atoms. The number of nitrogens with zero attached hydrogens (tertiary/aromatic N) is 2. The van der Waals surface area contributed by atoms with Gasteiger partial charge in [0.05, 0.1) is 12.8 Å². The third-order valence-corrected chi connectivity index (χ3v) is 5.59. The summed E-state index contributed by atoms with van der Waals surface area (Å²) in [5, 5.41) is 3.35. The number of halogens is 2. The Hall–Kier alpha value is -3.32. The van der Waals surface area contributed by atoms with Gasteiger partial charge < -0.3 is 19.5 Å². The molecule has 2 aromatic carbocycles. The van der Waals surface area contributed by atoms with Crippen LogP contribution in [0, 0.1) is 12.7 Å². The van der Waals surface area contributed by atoms with Crippen molar-refractivity contribution in [2.45, 2.75) is 39.9 Å². The summed E-state index contributed by atoms with van der Waals surface area (Å²) < 4.78 is 18.7. The Labute approximate surface area is 197 Å². The maximum Gasteiger partial charge on any atom is 0.322 e. The van der Waals surface area contributed by atoms with Crippen molar-refractivity contribution in [1.82, 2.24) is 9.80 Å². The number of carbonyl (C=O) groups excluding carboxylic acids is 2. The van der Waals surface area contributed by atoms with Crippen LogP contribution in [0.2, 0.25) is 5.02 Å². The lowest BCUT2D eigenvalue weighted by atomic mass is 10.2. The van der Waals surface area contributed by atoms with Gasteiger partial charge in [0.15, 0.2) is 0 Å². The van der Waals surface area contributed by atoms with Gasteiger partial charge in [0.25, 0.3) is 0 Å². The zero-order valence-electron chi connectivity index (χ0n) is 18.8. The van der Waals surface area contributed by atoms with Gasteiger partial charge in [-0.25, -0.2) is 9.18 Å². The molecule has 0 aliphatic heterocycles. The molecule has 0 bridgehead atoms. The number of hydrogen-bond donors (Lipinski definition) is 1. The number of anilines is 1. The van der Waals surface area contributed by atoms with Crippen LogP contribution >= 0.6 is 11.6 Å². The first-order valence-electron chi connectivity index (χ1n) is 10.6. The van der Waals surface area contributed by atoms with Crippen molar-refractivity contribution in [2.75, 3.05) is 11.9 Å². The van der Waals surface area contributed by atoms with Crippen LogP contribution in [-0.4, -0.2) is 34.3 Å². The SMILES string of the molecule is Cc1ccc(NC(=O)N(CC(=O)N(Cc2ccc(F)cc2)Cc2ccco2)C(C)C)cc1Cl. The van der Waals surface area contributed by atoms with Crippen molar-refractivity contribution in [3.63, 3.8) is 0 Å². The highest BCUT2D eigenvalue weighted by Gasteiger charge is 2.24. The topological polar surface area (TPSA) is 65.8 Å². The fourth-order valence-electron chi connectivity index (χ4n) is 3.23. The van der Waals surface area contributed by atoms with E-state index in [1.807, 2.05) is 26.8 Å². The molecular formula is C25H27ClFN3O3. The van der Waals surface area contributed by atoms with Gasteiger partial charge in [-0.15, -0.1) is 0 Å². The molecule has 0 radical (unpaired) electrons. The predicted octanol–water partition coefficient (Wildman–Crippen LogP) is 5.85. The van der Waals surface area contributed by atoms with Crippen LogP contribution in [0.3, 0.4) is 0 Å². The molecule has 1 heterocycles. The quantitative estimate of drug-likeness (QED) is 0.448. The van der Waals surface area contributed by atoms with Crippen LogP contribution in [0.4, 0.5) is 14.9 Å². The van der Waals surface area contributed by atoms with Crippen molar-refractivity contribution in [2.24, 2.45) is 0 Å². The van der Waals surface area contributed by atoms with Crippen LogP contribution in [0.15, 0.2) is 65.3 Å². The van der Waals surface area contributed by atoms with Gasteiger partial charge in [-0.2, -0.15) is 0 Å². The van der Waals surface area contributed by atoms with E-state index in [-0.39, 0.29) is 37.4 Å². The second kappa shape index (κ2) is 11.0. The van der Waals surface area contributed by atoms with E-state index in [4.69, 9.17) is 16.0 Å². The first-order valence-corrected chi connectivity index (χ1v) is 11.0. The molecule has 6 nitrogen and oxygen atoms in total. The highest BCUT2D eigenvalue weighted by Crippen LogP contribution is 2.21. The zero-order chi connectivity index (χ0) is 24.0. The van der Waals surface area contributed by atoms with Crippen molar-refractivity contribution >= 4 is 29.2 Å². The van der Waals surface area contributed by atoms with Crippen LogP contribution in [-0.2, 0) is 17.9 Å². The van der Waals surface area contributed by atoms with Gasteiger partial charge in [-0.1, -0.05) is 29.8 Å². The Morgan fingerprint density at radius 1 is 1.09 bits per heavy atom. The number of urea groups is 1. The molecule has 8 heteroatoms. The van der Waals surface area contributed by atoms with Crippen LogP contribution < -0.4 is 5.32 Å². The molecule has 3 rings (SSSR count). The summed E-state index contributed by atoms with van der Waals surface area (Å²) in [5.41, 5.74) is 2.22. The number of nitrogens with one attached hydrogen (secondary N) is 1. The lowest BCUT2D eigenvalue weighted by molar-refractivity contribution is -0.133. The molecule has 3 aromatic rings.